The summed E-state index contributed by atoms with van der Waals surface area (Å²) in [6.45, 7) is 0.799. The molecule has 1 aliphatic carbocycles. The summed E-state index contributed by atoms with van der Waals surface area (Å²) in [7, 11) is 0. The van der Waals surface area contributed by atoms with E-state index < -0.39 is 0 Å². The third-order valence-corrected chi connectivity index (χ3v) is 2.39. The van der Waals surface area contributed by atoms with Crippen LogP contribution in [0.3, 0.4) is 0 Å². The molecule has 72 valence electrons. The first-order valence-electron chi connectivity index (χ1n) is 4.85. The lowest BCUT2D eigenvalue weighted by atomic mass is 10.5. The molecule has 0 bridgehead atoms. The number of aromatic nitrogens is 3. The van der Waals surface area contributed by atoms with Gasteiger partial charge in [-0.25, -0.2) is 9.50 Å². The van der Waals surface area contributed by atoms with E-state index in [0.717, 1.165) is 18.2 Å². The van der Waals surface area contributed by atoms with Gasteiger partial charge in [-0.3, -0.25) is 0 Å². The molecule has 2 heterocycles. The second kappa shape index (κ2) is 2.97. The van der Waals surface area contributed by atoms with Crippen molar-refractivity contribution in [2.24, 2.45) is 5.92 Å². The summed E-state index contributed by atoms with van der Waals surface area (Å²) in [6.07, 6.45) is 6.15. The number of hydrogen-bond donors (Lipinski definition) is 0. The number of hydrogen-bond acceptors (Lipinski definition) is 3. The highest BCUT2D eigenvalue weighted by Crippen LogP contribution is 2.29. The minimum atomic E-state index is 0.683. The quantitative estimate of drug-likeness (QED) is 0.734. The van der Waals surface area contributed by atoms with Gasteiger partial charge >= 0.3 is 0 Å². The second-order valence-corrected chi connectivity index (χ2v) is 3.66. The topological polar surface area (TPSA) is 39.4 Å². The summed E-state index contributed by atoms with van der Waals surface area (Å²) in [5, 5.41) is 4.27. The molecule has 3 rings (SSSR count). The van der Waals surface area contributed by atoms with E-state index in [9.17, 15) is 0 Å². The average molecular weight is 189 g/mol. The predicted molar refractivity (Wildman–Crippen MR) is 51.2 cm³/mol. The SMILES string of the molecule is c1cn2nc(OCC3CC3)ccc2n1. The lowest BCUT2D eigenvalue weighted by Gasteiger charge is -2.03. The van der Waals surface area contributed by atoms with Crippen LogP contribution in [0.2, 0.25) is 0 Å². The fourth-order valence-corrected chi connectivity index (χ4v) is 1.36. The summed E-state index contributed by atoms with van der Waals surface area (Å²) in [5.74, 6) is 1.44. The Morgan fingerprint density at radius 3 is 3.21 bits per heavy atom. The van der Waals surface area contributed by atoms with Crippen molar-refractivity contribution in [3.05, 3.63) is 24.5 Å². The third-order valence-electron chi connectivity index (χ3n) is 2.39. The van der Waals surface area contributed by atoms with Crippen molar-refractivity contribution in [1.29, 1.82) is 0 Å². The van der Waals surface area contributed by atoms with E-state index in [1.54, 1.807) is 10.7 Å². The average Bonchev–Trinajstić information content (AvgIpc) is 2.92. The van der Waals surface area contributed by atoms with Crippen LogP contribution >= 0.6 is 0 Å². The van der Waals surface area contributed by atoms with Crippen molar-refractivity contribution in [3.8, 4) is 5.88 Å². The molecular weight excluding hydrogens is 178 g/mol. The van der Waals surface area contributed by atoms with Gasteiger partial charge in [0.2, 0.25) is 5.88 Å². The van der Waals surface area contributed by atoms with Crippen LogP contribution in [0, 0.1) is 5.92 Å². The molecule has 0 saturated heterocycles. The zero-order chi connectivity index (χ0) is 9.38. The molecule has 1 saturated carbocycles. The molecule has 1 aliphatic rings. The molecule has 4 nitrogen and oxygen atoms in total. The molecule has 14 heavy (non-hydrogen) atoms. The monoisotopic (exact) mass is 189 g/mol. The summed E-state index contributed by atoms with van der Waals surface area (Å²) in [6, 6.07) is 3.78. The molecule has 0 N–H and O–H groups in total. The van der Waals surface area contributed by atoms with Gasteiger partial charge in [0.1, 0.15) is 0 Å². The van der Waals surface area contributed by atoms with Gasteiger partial charge in [-0.05, 0) is 24.8 Å². The van der Waals surface area contributed by atoms with E-state index >= 15 is 0 Å². The van der Waals surface area contributed by atoms with Crippen molar-refractivity contribution in [1.82, 2.24) is 14.6 Å². The molecule has 2 aromatic heterocycles. The lowest BCUT2D eigenvalue weighted by molar-refractivity contribution is 0.284. The number of rotatable bonds is 3. The van der Waals surface area contributed by atoms with E-state index in [1.807, 2.05) is 18.3 Å². The Bertz CT molecular complexity index is 447. The smallest absolute Gasteiger partial charge is 0.231 e. The van der Waals surface area contributed by atoms with Gasteiger partial charge < -0.3 is 4.74 Å². The molecule has 0 atom stereocenters. The van der Waals surface area contributed by atoms with Crippen molar-refractivity contribution in [2.75, 3.05) is 6.61 Å². The molecular formula is C10H11N3O. The van der Waals surface area contributed by atoms with Gasteiger partial charge in [0, 0.05) is 18.5 Å². The van der Waals surface area contributed by atoms with Crippen LogP contribution in [0.25, 0.3) is 5.65 Å². The van der Waals surface area contributed by atoms with Crippen LogP contribution in [0.4, 0.5) is 0 Å². The molecule has 4 heteroatoms. The van der Waals surface area contributed by atoms with Gasteiger partial charge in [0.05, 0.1) is 6.61 Å². The Morgan fingerprint density at radius 1 is 1.43 bits per heavy atom. The zero-order valence-electron chi connectivity index (χ0n) is 7.76. The minimum absolute atomic E-state index is 0.683. The maximum Gasteiger partial charge on any atom is 0.231 e. The summed E-state index contributed by atoms with van der Waals surface area (Å²) in [4.78, 5) is 4.11. The number of fused-ring (bicyclic) bond motifs is 1. The van der Waals surface area contributed by atoms with Crippen LogP contribution in [-0.2, 0) is 0 Å². The first kappa shape index (κ1) is 7.79. The first-order valence-corrected chi connectivity index (χ1v) is 4.85. The highest BCUT2D eigenvalue weighted by Gasteiger charge is 2.22. The predicted octanol–water partition coefficient (Wildman–Crippen LogP) is 1.52. The van der Waals surface area contributed by atoms with Gasteiger partial charge in [-0.15, -0.1) is 5.10 Å². The van der Waals surface area contributed by atoms with E-state index in [4.69, 9.17) is 4.74 Å². The maximum absolute atomic E-state index is 5.55. The summed E-state index contributed by atoms with van der Waals surface area (Å²) in [5.41, 5.74) is 0.851. The Kier molecular flexibility index (Phi) is 1.65. The Morgan fingerprint density at radius 2 is 2.36 bits per heavy atom. The standard InChI is InChI=1S/C10H11N3O/c1-2-8(1)7-14-10-4-3-9-11-5-6-13(9)12-10/h3-6,8H,1-2,7H2. The molecule has 2 aromatic rings. The maximum atomic E-state index is 5.55. The lowest BCUT2D eigenvalue weighted by Crippen LogP contribution is -2.02. The summed E-state index contributed by atoms with van der Waals surface area (Å²) >= 11 is 0. The molecule has 0 aliphatic heterocycles. The van der Waals surface area contributed by atoms with E-state index in [0.29, 0.717) is 5.88 Å². The first-order chi connectivity index (χ1) is 6.92. The fourth-order valence-electron chi connectivity index (χ4n) is 1.36. The highest BCUT2D eigenvalue weighted by atomic mass is 16.5. The normalized spacial score (nSPS) is 16.0. The van der Waals surface area contributed by atoms with Crippen molar-refractivity contribution in [2.45, 2.75) is 12.8 Å². The van der Waals surface area contributed by atoms with Gasteiger partial charge in [-0.1, -0.05) is 0 Å². The molecule has 0 radical (unpaired) electrons. The molecule has 0 unspecified atom stereocenters. The fraction of sp³-hybridized carbons (Fsp3) is 0.400. The van der Waals surface area contributed by atoms with Crippen LogP contribution in [0.15, 0.2) is 24.5 Å². The Labute approximate surface area is 81.5 Å². The Balaban J connectivity index is 1.81. The molecule has 1 fully saturated rings. The molecule has 0 amide bonds. The number of nitrogens with zero attached hydrogens (tertiary/aromatic N) is 3. The number of imidazole rings is 1. The third kappa shape index (κ3) is 1.43. The van der Waals surface area contributed by atoms with Crippen molar-refractivity contribution >= 4 is 5.65 Å². The number of ether oxygens (including phenoxy) is 1. The highest BCUT2D eigenvalue weighted by molar-refractivity contribution is 5.37. The van der Waals surface area contributed by atoms with E-state index in [-0.39, 0.29) is 0 Å². The van der Waals surface area contributed by atoms with E-state index in [1.165, 1.54) is 12.8 Å². The largest absolute Gasteiger partial charge is 0.476 e. The molecule has 0 spiro atoms. The van der Waals surface area contributed by atoms with Crippen LogP contribution < -0.4 is 4.74 Å². The van der Waals surface area contributed by atoms with Crippen LogP contribution in [0.5, 0.6) is 5.88 Å². The zero-order valence-corrected chi connectivity index (χ0v) is 7.76. The Hall–Kier alpha value is -1.58. The van der Waals surface area contributed by atoms with Gasteiger partial charge in [-0.2, -0.15) is 0 Å². The van der Waals surface area contributed by atoms with Crippen LogP contribution in [0.1, 0.15) is 12.8 Å². The van der Waals surface area contributed by atoms with Gasteiger partial charge in [0.25, 0.3) is 0 Å². The molecule has 0 aromatic carbocycles. The van der Waals surface area contributed by atoms with Crippen molar-refractivity contribution < 1.29 is 4.74 Å². The van der Waals surface area contributed by atoms with Crippen LogP contribution in [-0.4, -0.2) is 21.2 Å². The summed E-state index contributed by atoms with van der Waals surface area (Å²) < 4.78 is 7.27. The second-order valence-electron chi connectivity index (χ2n) is 3.66. The van der Waals surface area contributed by atoms with Crippen molar-refractivity contribution in [3.63, 3.8) is 0 Å². The van der Waals surface area contributed by atoms with Gasteiger partial charge in [0.15, 0.2) is 5.65 Å². The van der Waals surface area contributed by atoms with E-state index in [2.05, 4.69) is 10.1 Å². The minimum Gasteiger partial charge on any atom is -0.476 e.